The van der Waals surface area contributed by atoms with Gasteiger partial charge in [-0.3, -0.25) is 4.98 Å². The van der Waals surface area contributed by atoms with Crippen molar-refractivity contribution in [2.75, 3.05) is 50.2 Å². The van der Waals surface area contributed by atoms with Crippen LogP contribution >= 0.6 is 0 Å². The predicted octanol–water partition coefficient (Wildman–Crippen LogP) is 4.00. The lowest BCUT2D eigenvalue weighted by Gasteiger charge is -2.29. The van der Waals surface area contributed by atoms with Crippen LogP contribution in [0.1, 0.15) is 17.3 Å². The summed E-state index contributed by atoms with van der Waals surface area (Å²) < 4.78 is 16.1. The number of nitrogens with one attached hydrogen (secondary N) is 1. The number of para-hydroxylation sites is 1. The van der Waals surface area contributed by atoms with Crippen LogP contribution in [0, 0.1) is 0 Å². The molecule has 0 radical (unpaired) electrons. The Bertz CT molecular complexity index is 1030. The molecule has 1 fully saturated rings. The van der Waals surface area contributed by atoms with E-state index in [0.717, 1.165) is 43.1 Å². The number of methoxy groups -OCH3 is 1. The number of carbonyl (C=O) groups excluding carboxylic acids is 1. The molecule has 4 rings (SSSR count). The molecule has 0 bridgehead atoms. The molecular formula is C23H25N3O4. The number of nitrogens with zero attached hydrogens (tertiary/aromatic N) is 2. The summed E-state index contributed by atoms with van der Waals surface area (Å²) in [6, 6.07) is 13.8. The summed E-state index contributed by atoms with van der Waals surface area (Å²) >= 11 is 0. The van der Waals surface area contributed by atoms with E-state index in [1.165, 1.54) is 6.20 Å². The van der Waals surface area contributed by atoms with Gasteiger partial charge in [0.05, 0.1) is 32.6 Å². The molecule has 2 heterocycles. The lowest BCUT2D eigenvalue weighted by molar-refractivity contribution is 0.0527. The fourth-order valence-electron chi connectivity index (χ4n) is 3.58. The Hall–Kier alpha value is -3.32. The van der Waals surface area contributed by atoms with Crippen LogP contribution in [0.5, 0.6) is 5.75 Å². The Morgan fingerprint density at radius 2 is 1.93 bits per heavy atom. The molecule has 30 heavy (non-hydrogen) atoms. The fourth-order valence-corrected chi connectivity index (χ4v) is 3.58. The Kier molecular flexibility index (Phi) is 5.99. The minimum Gasteiger partial charge on any atom is -0.494 e. The van der Waals surface area contributed by atoms with Gasteiger partial charge in [0.25, 0.3) is 0 Å². The minimum absolute atomic E-state index is 0.294. The van der Waals surface area contributed by atoms with Crippen LogP contribution in [-0.2, 0) is 9.47 Å². The molecule has 0 atom stereocenters. The van der Waals surface area contributed by atoms with E-state index >= 15 is 0 Å². The number of anilines is 3. The molecule has 0 unspecified atom stereocenters. The van der Waals surface area contributed by atoms with Gasteiger partial charge in [0.2, 0.25) is 0 Å². The maximum absolute atomic E-state index is 12.6. The lowest BCUT2D eigenvalue weighted by atomic mass is 10.1. The molecule has 1 aromatic heterocycles. The first-order valence-corrected chi connectivity index (χ1v) is 10.0. The van der Waals surface area contributed by atoms with Crippen LogP contribution in [0.25, 0.3) is 10.9 Å². The van der Waals surface area contributed by atoms with E-state index in [9.17, 15) is 4.79 Å². The van der Waals surface area contributed by atoms with Crippen LogP contribution in [0.3, 0.4) is 0 Å². The number of hydrogen-bond donors (Lipinski definition) is 1. The topological polar surface area (TPSA) is 72.9 Å². The number of ether oxygens (including phenoxy) is 3. The van der Waals surface area contributed by atoms with E-state index in [1.54, 1.807) is 14.0 Å². The van der Waals surface area contributed by atoms with Gasteiger partial charge >= 0.3 is 5.97 Å². The summed E-state index contributed by atoms with van der Waals surface area (Å²) in [7, 11) is 1.60. The Balaban J connectivity index is 1.71. The first-order valence-electron chi connectivity index (χ1n) is 10.0. The monoisotopic (exact) mass is 407 g/mol. The van der Waals surface area contributed by atoms with Crippen molar-refractivity contribution in [3.63, 3.8) is 0 Å². The second-order valence-corrected chi connectivity index (χ2v) is 6.90. The zero-order chi connectivity index (χ0) is 20.9. The van der Waals surface area contributed by atoms with Gasteiger partial charge in [-0.1, -0.05) is 12.1 Å². The zero-order valence-electron chi connectivity index (χ0n) is 17.2. The molecule has 7 nitrogen and oxygen atoms in total. The van der Waals surface area contributed by atoms with Crippen molar-refractivity contribution >= 4 is 33.9 Å². The first kappa shape index (κ1) is 20.0. The number of pyridine rings is 1. The van der Waals surface area contributed by atoms with Gasteiger partial charge in [0.15, 0.2) is 0 Å². The molecule has 7 heteroatoms. The van der Waals surface area contributed by atoms with Crippen molar-refractivity contribution in [2.45, 2.75) is 6.92 Å². The van der Waals surface area contributed by atoms with Gasteiger partial charge in [-0.15, -0.1) is 0 Å². The van der Waals surface area contributed by atoms with Gasteiger partial charge in [-0.05, 0) is 37.3 Å². The molecule has 1 saturated heterocycles. The van der Waals surface area contributed by atoms with Crippen molar-refractivity contribution in [1.82, 2.24) is 4.98 Å². The number of esters is 1. The molecule has 1 aliphatic heterocycles. The van der Waals surface area contributed by atoms with Crippen molar-refractivity contribution in [1.29, 1.82) is 0 Å². The van der Waals surface area contributed by atoms with Crippen molar-refractivity contribution in [2.24, 2.45) is 0 Å². The Morgan fingerprint density at radius 3 is 2.63 bits per heavy atom. The summed E-state index contributed by atoms with van der Waals surface area (Å²) in [6.45, 7) is 5.33. The number of hydrogen-bond acceptors (Lipinski definition) is 7. The highest BCUT2D eigenvalue weighted by atomic mass is 16.5. The third kappa shape index (κ3) is 4.02. The van der Waals surface area contributed by atoms with Gasteiger partial charge in [-0.2, -0.15) is 0 Å². The SMILES string of the molecule is CCOC(=O)c1cnc2c(OC)cccc2c1Nc1ccc(N2CCOCC2)cc1. The molecule has 0 spiro atoms. The molecule has 3 aromatic rings. The number of morpholine rings is 1. The predicted molar refractivity (Wildman–Crippen MR) is 117 cm³/mol. The fraction of sp³-hybridized carbons (Fsp3) is 0.304. The number of benzene rings is 2. The van der Waals surface area contributed by atoms with Gasteiger partial charge in [-0.25, -0.2) is 4.79 Å². The maximum atomic E-state index is 12.6. The number of fused-ring (bicyclic) bond motifs is 1. The third-order valence-corrected chi connectivity index (χ3v) is 5.09. The lowest BCUT2D eigenvalue weighted by Crippen LogP contribution is -2.36. The molecule has 0 aliphatic carbocycles. The third-order valence-electron chi connectivity index (χ3n) is 5.09. The minimum atomic E-state index is -0.415. The smallest absolute Gasteiger partial charge is 0.341 e. The number of aromatic nitrogens is 1. The van der Waals surface area contributed by atoms with Crippen molar-refractivity contribution in [3.8, 4) is 5.75 Å². The normalized spacial score (nSPS) is 13.9. The summed E-state index contributed by atoms with van der Waals surface area (Å²) in [5.41, 5.74) is 3.73. The van der Waals surface area contributed by atoms with Gasteiger partial charge in [0.1, 0.15) is 16.8 Å². The van der Waals surface area contributed by atoms with E-state index in [1.807, 2.05) is 30.3 Å². The quantitative estimate of drug-likeness (QED) is 0.619. The average molecular weight is 407 g/mol. The van der Waals surface area contributed by atoms with E-state index in [4.69, 9.17) is 14.2 Å². The molecular weight excluding hydrogens is 382 g/mol. The molecule has 1 aliphatic rings. The van der Waals surface area contributed by atoms with E-state index in [0.29, 0.717) is 29.1 Å². The van der Waals surface area contributed by atoms with E-state index in [-0.39, 0.29) is 0 Å². The highest BCUT2D eigenvalue weighted by molar-refractivity contribution is 6.07. The maximum Gasteiger partial charge on any atom is 0.341 e. The van der Waals surface area contributed by atoms with Crippen LogP contribution in [0.2, 0.25) is 0 Å². The van der Waals surface area contributed by atoms with Crippen LogP contribution in [0.4, 0.5) is 17.1 Å². The van der Waals surface area contributed by atoms with Crippen LogP contribution in [0.15, 0.2) is 48.7 Å². The molecule has 1 N–H and O–H groups in total. The van der Waals surface area contributed by atoms with E-state index in [2.05, 4.69) is 27.3 Å². The number of rotatable bonds is 6. The van der Waals surface area contributed by atoms with E-state index < -0.39 is 5.97 Å². The van der Waals surface area contributed by atoms with Crippen molar-refractivity contribution in [3.05, 3.63) is 54.2 Å². The Labute approximate surface area is 175 Å². The zero-order valence-corrected chi connectivity index (χ0v) is 17.2. The number of carbonyl (C=O) groups is 1. The molecule has 2 aromatic carbocycles. The summed E-state index contributed by atoms with van der Waals surface area (Å²) in [4.78, 5) is 19.3. The van der Waals surface area contributed by atoms with Crippen LogP contribution in [-0.4, -0.2) is 51.0 Å². The highest BCUT2D eigenvalue weighted by Gasteiger charge is 2.19. The van der Waals surface area contributed by atoms with Gasteiger partial charge in [0, 0.05) is 36.0 Å². The van der Waals surface area contributed by atoms with Crippen molar-refractivity contribution < 1.29 is 19.0 Å². The summed E-state index contributed by atoms with van der Waals surface area (Å²) in [5.74, 6) is 0.232. The highest BCUT2D eigenvalue weighted by Crippen LogP contribution is 2.34. The second kappa shape index (κ2) is 9.00. The Morgan fingerprint density at radius 1 is 1.17 bits per heavy atom. The largest absolute Gasteiger partial charge is 0.494 e. The first-order chi connectivity index (χ1) is 14.7. The standard InChI is InChI=1S/C23H25N3O4/c1-3-30-23(27)19-15-24-22-18(5-4-6-20(22)28-2)21(19)25-16-7-9-17(10-8-16)26-11-13-29-14-12-26/h4-10,15H,3,11-14H2,1-2H3,(H,24,25). The molecule has 0 amide bonds. The molecule has 156 valence electrons. The summed E-state index contributed by atoms with van der Waals surface area (Å²) in [5, 5.41) is 4.19. The van der Waals surface area contributed by atoms with Crippen LogP contribution < -0.4 is 15.0 Å². The molecule has 0 saturated carbocycles. The summed E-state index contributed by atoms with van der Waals surface area (Å²) in [6.07, 6.45) is 1.54. The average Bonchev–Trinajstić information content (AvgIpc) is 2.80. The second-order valence-electron chi connectivity index (χ2n) is 6.90. The van der Waals surface area contributed by atoms with Gasteiger partial charge < -0.3 is 24.4 Å².